The quantitative estimate of drug-likeness (QED) is 0.256. The summed E-state index contributed by atoms with van der Waals surface area (Å²) in [5.74, 6) is 1.97. The molecule has 0 saturated carbocycles. The standard InChI is InChI=1S/C9H12N16/c1(5-10-18-19-11-5)3-9(7-14-22-23-15-7,8-16-24-25-17-8)4-2-6-12-20-21-13-6/h1-4H2,(H,10,11,18,19)(H,12,13,20,21)(H,14,15,22,23)(H,16,17,24,25). The largest absolute Gasteiger partial charge is 0.188 e. The molecule has 0 aromatic carbocycles. The molecule has 0 fully saturated rings. The van der Waals surface area contributed by atoms with Crippen molar-refractivity contribution in [1.82, 2.24) is 82.5 Å². The average Bonchev–Trinajstić information content (AvgIpc) is 3.44. The van der Waals surface area contributed by atoms with Crippen molar-refractivity contribution in [3.05, 3.63) is 23.3 Å². The van der Waals surface area contributed by atoms with Crippen LogP contribution in [0, 0.1) is 0 Å². The SMILES string of the molecule is C(CC(CCc1nn[nH]n1)(c1nn[nH]n1)c1nn[nH]n1)c1nn[nH]n1. The molecule has 0 atom stereocenters. The number of tetrazole rings is 4. The Hall–Kier alpha value is -3.72. The lowest BCUT2D eigenvalue weighted by molar-refractivity contribution is 0.383. The van der Waals surface area contributed by atoms with Crippen LogP contribution in [0.5, 0.6) is 0 Å². The second-order valence-electron chi connectivity index (χ2n) is 5.21. The predicted molar refractivity (Wildman–Crippen MR) is 74.1 cm³/mol. The number of aromatic nitrogens is 16. The molecule has 4 aromatic heterocycles. The Labute approximate surface area is 138 Å². The summed E-state index contributed by atoms with van der Waals surface area (Å²) in [6.07, 6.45) is 1.99. The van der Waals surface area contributed by atoms with E-state index in [1.165, 1.54) is 0 Å². The van der Waals surface area contributed by atoms with Crippen molar-refractivity contribution < 1.29 is 0 Å². The van der Waals surface area contributed by atoms with E-state index in [2.05, 4.69) is 82.5 Å². The normalized spacial score (nSPS) is 11.8. The average molecular weight is 344 g/mol. The van der Waals surface area contributed by atoms with Gasteiger partial charge < -0.3 is 0 Å². The van der Waals surface area contributed by atoms with Gasteiger partial charge in [-0.05, 0) is 12.8 Å². The molecule has 0 bridgehead atoms. The molecule has 0 aliphatic heterocycles. The van der Waals surface area contributed by atoms with E-state index in [4.69, 9.17) is 0 Å². The molecular weight excluding hydrogens is 332 g/mol. The zero-order valence-corrected chi connectivity index (χ0v) is 12.7. The third-order valence-electron chi connectivity index (χ3n) is 3.88. The molecule has 128 valence electrons. The number of nitrogens with zero attached hydrogens (tertiary/aromatic N) is 12. The van der Waals surface area contributed by atoms with E-state index in [0.29, 0.717) is 49.0 Å². The van der Waals surface area contributed by atoms with Gasteiger partial charge in [-0.1, -0.05) is 20.9 Å². The summed E-state index contributed by atoms with van der Waals surface area (Å²) in [5.41, 5.74) is -0.790. The van der Waals surface area contributed by atoms with Crippen LogP contribution in [-0.2, 0) is 18.3 Å². The van der Waals surface area contributed by atoms with Gasteiger partial charge in [0.25, 0.3) is 0 Å². The number of nitrogens with one attached hydrogen (secondary N) is 4. The van der Waals surface area contributed by atoms with Crippen LogP contribution in [0.25, 0.3) is 0 Å². The zero-order valence-electron chi connectivity index (χ0n) is 12.7. The lowest BCUT2D eigenvalue weighted by Crippen LogP contribution is -2.33. The van der Waals surface area contributed by atoms with E-state index in [0.717, 1.165) is 0 Å². The molecule has 0 unspecified atom stereocenters. The van der Waals surface area contributed by atoms with Crippen molar-refractivity contribution in [2.75, 3.05) is 0 Å². The number of aromatic amines is 4. The summed E-state index contributed by atoms with van der Waals surface area (Å²) in [6, 6.07) is 0. The summed E-state index contributed by atoms with van der Waals surface area (Å²) in [5, 5.41) is 56.8. The Morgan fingerprint density at radius 3 is 1.36 bits per heavy atom. The maximum atomic E-state index is 4.15. The predicted octanol–water partition coefficient (Wildman–Crippen LogP) is -2.71. The fourth-order valence-electron chi connectivity index (χ4n) is 2.63. The third kappa shape index (κ3) is 2.91. The zero-order chi connectivity index (χ0) is 17.0. The summed E-state index contributed by atoms with van der Waals surface area (Å²) in [6.45, 7) is 0. The van der Waals surface area contributed by atoms with Crippen LogP contribution in [0.2, 0.25) is 0 Å². The van der Waals surface area contributed by atoms with Crippen molar-refractivity contribution in [2.45, 2.75) is 31.1 Å². The minimum Gasteiger partial charge on any atom is -0.177 e. The Morgan fingerprint density at radius 2 is 1.00 bits per heavy atom. The van der Waals surface area contributed by atoms with Crippen molar-refractivity contribution in [3.8, 4) is 0 Å². The first kappa shape index (κ1) is 14.8. The Balaban J connectivity index is 1.68. The van der Waals surface area contributed by atoms with Crippen molar-refractivity contribution in [2.24, 2.45) is 0 Å². The van der Waals surface area contributed by atoms with Crippen LogP contribution >= 0.6 is 0 Å². The highest BCUT2D eigenvalue weighted by atomic mass is 15.5. The third-order valence-corrected chi connectivity index (χ3v) is 3.88. The minimum atomic E-state index is -0.790. The number of rotatable bonds is 8. The highest BCUT2D eigenvalue weighted by Crippen LogP contribution is 2.36. The minimum absolute atomic E-state index is 0.431. The Bertz CT molecular complexity index is 771. The monoisotopic (exact) mass is 344 g/mol. The first-order chi connectivity index (χ1) is 12.4. The van der Waals surface area contributed by atoms with Gasteiger partial charge in [-0.2, -0.15) is 20.9 Å². The van der Waals surface area contributed by atoms with Gasteiger partial charge in [-0.3, -0.25) is 0 Å². The van der Waals surface area contributed by atoms with Crippen LogP contribution in [-0.4, -0.2) is 82.5 Å². The first-order valence-corrected chi connectivity index (χ1v) is 7.29. The fourth-order valence-corrected chi connectivity index (χ4v) is 2.63. The number of aryl methyl sites for hydroxylation is 2. The van der Waals surface area contributed by atoms with Gasteiger partial charge in [-0.15, -0.1) is 40.8 Å². The molecule has 16 heteroatoms. The first-order valence-electron chi connectivity index (χ1n) is 7.29. The van der Waals surface area contributed by atoms with E-state index in [9.17, 15) is 0 Å². The smallest absolute Gasteiger partial charge is 0.177 e. The number of hydrogen-bond donors (Lipinski definition) is 4. The van der Waals surface area contributed by atoms with Gasteiger partial charge in [0.1, 0.15) is 0 Å². The molecule has 4 heterocycles. The molecule has 4 N–H and O–H groups in total. The number of hydrogen-bond acceptors (Lipinski definition) is 12. The number of H-pyrrole nitrogens is 4. The van der Waals surface area contributed by atoms with Crippen molar-refractivity contribution >= 4 is 0 Å². The summed E-state index contributed by atoms with van der Waals surface area (Å²) in [7, 11) is 0. The molecular formula is C9H12N16. The lowest BCUT2D eigenvalue weighted by Gasteiger charge is -2.26. The fraction of sp³-hybridized carbons (Fsp3) is 0.556. The summed E-state index contributed by atoms with van der Waals surface area (Å²) in [4.78, 5) is 0. The van der Waals surface area contributed by atoms with Crippen LogP contribution in [0.15, 0.2) is 0 Å². The highest BCUT2D eigenvalue weighted by molar-refractivity contribution is 5.20. The molecule has 4 aromatic rings. The topological polar surface area (TPSA) is 218 Å². The molecule has 4 rings (SSSR count). The molecule has 0 spiro atoms. The second kappa shape index (κ2) is 6.42. The van der Waals surface area contributed by atoms with Gasteiger partial charge >= 0.3 is 0 Å². The molecule has 0 aliphatic rings. The van der Waals surface area contributed by atoms with E-state index in [1.54, 1.807) is 0 Å². The van der Waals surface area contributed by atoms with Crippen LogP contribution in [0.1, 0.15) is 36.1 Å². The Morgan fingerprint density at radius 1 is 0.560 bits per heavy atom. The van der Waals surface area contributed by atoms with Gasteiger partial charge in [0.15, 0.2) is 23.3 Å². The molecule has 16 nitrogen and oxygen atoms in total. The summed E-state index contributed by atoms with van der Waals surface area (Å²) < 4.78 is 0. The molecule has 0 saturated heterocycles. The summed E-state index contributed by atoms with van der Waals surface area (Å²) >= 11 is 0. The Kier molecular flexibility index (Phi) is 3.81. The van der Waals surface area contributed by atoms with Gasteiger partial charge in [0, 0.05) is 12.8 Å². The maximum absolute atomic E-state index is 4.15. The molecule has 0 aliphatic carbocycles. The van der Waals surface area contributed by atoms with Crippen LogP contribution in [0.4, 0.5) is 0 Å². The maximum Gasteiger partial charge on any atom is 0.188 e. The van der Waals surface area contributed by atoms with Crippen molar-refractivity contribution in [3.63, 3.8) is 0 Å². The molecule has 25 heavy (non-hydrogen) atoms. The van der Waals surface area contributed by atoms with Crippen LogP contribution in [0.3, 0.4) is 0 Å². The van der Waals surface area contributed by atoms with E-state index in [1.807, 2.05) is 0 Å². The lowest BCUT2D eigenvalue weighted by atomic mass is 9.77. The van der Waals surface area contributed by atoms with Crippen molar-refractivity contribution in [1.29, 1.82) is 0 Å². The second-order valence-corrected chi connectivity index (χ2v) is 5.21. The van der Waals surface area contributed by atoms with E-state index in [-0.39, 0.29) is 0 Å². The van der Waals surface area contributed by atoms with E-state index >= 15 is 0 Å². The van der Waals surface area contributed by atoms with Gasteiger partial charge in [0.05, 0.1) is 5.41 Å². The van der Waals surface area contributed by atoms with Gasteiger partial charge in [0.2, 0.25) is 0 Å². The van der Waals surface area contributed by atoms with Crippen LogP contribution < -0.4 is 0 Å². The molecule has 0 radical (unpaired) electrons. The molecule has 0 amide bonds. The van der Waals surface area contributed by atoms with E-state index < -0.39 is 5.41 Å². The van der Waals surface area contributed by atoms with Gasteiger partial charge in [-0.25, -0.2) is 0 Å². The highest BCUT2D eigenvalue weighted by Gasteiger charge is 2.42.